The lowest BCUT2D eigenvalue weighted by Crippen LogP contribution is -2.26. The maximum atomic E-state index is 9.23. The molecule has 6 N–H and O–H groups in total. The van der Waals surface area contributed by atoms with Crippen LogP contribution in [0.15, 0.2) is 48.6 Å². The number of hydrogen-bond acceptors (Lipinski definition) is 7. The number of nitriles is 1. The monoisotopic (exact) mass is 363 g/mol. The largest absolute Gasteiger partial charge is 0.403 e. The highest BCUT2D eigenvalue weighted by molar-refractivity contribution is 6.10. The Balaban J connectivity index is 2.49. The van der Waals surface area contributed by atoms with Gasteiger partial charge in [-0.15, -0.1) is 0 Å². The first kappa shape index (κ1) is 19.9. The minimum absolute atomic E-state index is 0.106. The van der Waals surface area contributed by atoms with Crippen molar-refractivity contribution in [2.24, 2.45) is 17.0 Å². The van der Waals surface area contributed by atoms with E-state index in [4.69, 9.17) is 17.0 Å². The second-order valence-electron chi connectivity index (χ2n) is 7.31. The first-order valence-corrected chi connectivity index (χ1v) is 8.50. The van der Waals surface area contributed by atoms with Crippen molar-refractivity contribution in [1.29, 1.82) is 10.7 Å². The topological polar surface area (TPSA) is 128 Å². The van der Waals surface area contributed by atoms with Crippen LogP contribution < -0.4 is 16.9 Å². The van der Waals surface area contributed by atoms with Crippen LogP contribution in [0.25, 0.3) is 11.1 Å². The molecule has 0 saturated carbocycles. The standard InChI is InChI=1S/C20H25N7/c1-20(2,3)13-25-11-15(8-21)18-7-5-16(9-22)26-19(18)14-4-6-17(10-23)27(24)12-14/h4-8,10-12,21,25H,13,23-24H2,1-3H3/b15-11+,17-10-,21-8?. The Kier molecular flexibility index (Phi) is 6.16. The first-order chi connectivity index (χ1) is 12.8. The maximum Gasteiger partial charge on any atom is 0.141 e. The summed E-state index contributed by atoms with van der Waals surface area (Å²) < 4.78 is 0. The average Bonchev–Trinajstić information content (AvgIpc) is 2.64. The molecule has 1 aliphatic heterocycles. The number of nitrogens with one attached hydrogen (secondary N) is 2. The summed E-state index contributed by atoms with van der Waals surface area (Å²) >= 11 is 0. The number of pyridine rings is 1. The predicted octanol–water partition coefficient (Wildman–Crippen LogP) is 2.47. The summed E-state index contributed by atoms with van der Waals surface area (Å²) in [6, 6.07) is 5.48. The molecule has 0 spiro atoms. The van der Waals surface area contributed by atoms with Crippen LogP contribution in [0.2, 0.25) is 0 Å². The molecule has 1 aromatic rings. The zero-order valence-electron chi connectivity index (χ0n) is 15.8. The van der Waals surface area contributed by atoms with E-state index in [2.05, 4.69) is 37.1 Å². The summed E-state index contributed by atoms with van der Waals surface area (Å²) in [6.07, 6.45) is 9.76. The molecule has 0 amide bonds. The summed E-state index contributed by atoms with van der Waals surface area (Å²) in [6.45, 7) is 7.14. The number of nitrogens with zero attached hydrogens (tertiary/aromatic N) is 3. The second-order valence-corrected chi connectivity index (χ2v) is 7.31. The number of rotatable bonds is 5. The van der Waals surface area contributed by atoms with Crippen molar-refractivity contribution in [3.8, 4) is 6.07 Å². The van der Waals surface area contributed by atoms with E-state index in [-0.39, 0.29) is 5.41 Å². The summed E-state index contributed by atoms with van der Waals surface area (Å²) in [5.74, 6) is 5.97. The quantitative estimate of drug-likeness (QED) is 0.470. The lowest BCUT2D eigenvalue weighted by Gasteiger charge is -2.21. The molecule has 0 saturated heterocycles. The van der Waals surface area contributed by atoms with E-state index in [9.17, 15) is 5.26 Å². The normalized spacial score (nSPS) is 16.1. The highest BCUT2D eigenvalue weighted by Crippen LogP contribution is 2.27. The molecule has 7 heteroatoms. The molecule has 0 atom stereocenters. The fourth-order valence-electron chi connectivity index (χ4n) is 2.45. The molecular weight excluding hydrogens is 338 g/mol. The van der Waals surface area contributed by atoms with Crippen molar-refractivity contribution in [3.63, 3.8) is 0 Å². The van der Waals surface area contributed by atoms with Gasteiger partial charge >= 0.3 is 0 Å². The van der Waals surface area contributed by atoms with Crippen LogP contribution in [0.5, 0.6) is 0 Å². The second kappa shape index (κ2) is 8.34. The van der Waals surface area contributed by atoms with Gasteiger partial charge in [-0.05, 0) is 29.7 Å². The van der Waals surface area contributed by atoms with E-state index in [1.807, 2.05) is 6.08 Å². The van der Waals surface area contributed by atoms with Crippen LogP contribution in [-0.4, -0.2) is 22.8 Å². The molecule has 0 fully saturated rings. The molecule has 0 radical (unpaired) electrons. The smallest absolute Gasteiger partial charge is 0.141 e. The van der Waals surface area contributed by atoms with Crippen LogP contribution in [0, 0.1) is 22.2 Å². The fraction of sp³-hybridized carbons (Fsp3) is 0.250. The third-order valence-electron chi connectivity index (χ3n) is 3.82. The Morgan fingerprint density at radius 2 is 2.11 bits per heavy atom. The number of allylic oxidation sites excluding steroid dienone is 4. The van der Waals surface area contributed by atoms with E-state index in [0.717, 1.165) is 17.7 Å². The summed E-state index contributed by atoms with van der Waals surface area (Å²) in [7, 11) is 0. The number of nitrogens with two attached hydrogens (primary N) is 2. The third kappa shape index (κ3) is 5.06. The third-order valence-corrected chi connectivity index (χ3v) is 3.82. The number of hydrogen-bond donors (Lipinski definition) is 4. The van der Waals surface area contributed by atoms with Crippen molar-refractivity contribution in [3.05, 3.63) is 65.5 Å². The Hall–Kier alpha value is -3.37. The minimum Gasteiger partial charge on any atom is -0.403 e. The molecule has 1 aliphatic rings. The zero-order chi connectivity index (χ0) is 20.0. The van der Waals surface area contributed by atoms with Crippen LogP contribution in [0.4, 0.5) is 0 Å². The molecule has 0 aromatic carbocycles. The van der Waals surface area contributed by atoms with Gasteiger partial charge in [0.2, 0.25) is 0 Å². The SMILES string of the molecule is CC(C)(C)CN/C=C(\C=N)c1ccc(C#N)nc1C1=CN(N)/C(=C\N)C=C1. The van der Waals surface area contributed by atoms with E-state index in [0.29, 0.717) is 22.7 Å². The maximum absolute atomic E-state index is 9.23. The highest BCUT2D eigenvalue weighted by Gasteiger charge is 2.16. The van der Waals surface area contributed by atoms with E-state index in [1.165, 1.54) is 17.4 Å². The minimum atomic E-state index is 0.106. The van der Waals surface area contributed by atoms with Crippen molar-refractivity contribution >= 4 is 17.4 Å². The number of hydrazine groups is 1. The molecular formula is C20H25N7. The van der Waals surface area contributed by atoms with Crippen molar-refractivity contribution in [2.45, 2.75) is 20.8 Å². The van der Waals surface area contributed by atoms with Gasteiger partial charge in [0.15, 0.2) is 0 Å². The van der Waals surface area contributed by atoms with Crippen molar-refractivity contribution in [2.75, 3.05) is 6.54 Å². The van der Waals surface area contributed by atoms with Gasteiger partial charge < -0.3 is 16.5 Å². The molecule has 140 valence electrons. The first-order valence-electron chi connectivity index (χ1n) is 8.50. The summed E-state index contributed by atoms with van der Waals surface area (Å²) in [5.41, 5.74) is 9.27. The molecule has 2 rings (SSSR count). The highest BCUT2D eigenvalue weighted by atomic mass is 15.4. The van der Waals surface area contributed by atoms with Gasteiger partial charge in [-0.1, -0.05) is 20.8 Å². The predicted molar refractivity (Wildman–Crippen MR) is 109 cm³/mol. The zero-order valence-corrected chi connectivity index (χ0v) is 15.8. The molecule has 0 unspecified atom stereocenters. The van der Waals surface area contributed by atoms with Crippen LogP contribution in [0.1, 0.15) is 37.7 Å². The average molecular weight is 363 g/mol. The Labute approximate surface area is 159 Å². The Morgan fingerprint density at radius 3 is 2.67 bits per heavy atom. The molecule has 27 heavy (non-hydrogen) atoms. The lowest BCUT2D eigenvalue weighted by atomic mass is 9.96. The fourth-order valence-corrected chi connectivity index (χ4v) is 2.45. The van der Waals surface area contributed by atoms with Gasteiger partial charge in [-0.25, -0.2) is 10.8 Å². The van der Waals surface area contributed by atoms with Crippen molar-refractivity contribution < 1.29 is 0 Å². The van der Waals surface area contributed by atoms with Gasteiger partial charge in [-0.3, -0.25) is 5.01 Å². The van der Waals surface area contributed by atoms with Gasteiger partial charge in [0, 0.05) is 48.1 Å². The van der Waals surface area contributed by atoms with Gasteiger partial charge in [-0.2, -0.15) is 5.26 Å². The summed E-state index contributed by atoms with van der Waals surface area (Å²) in [4.78, 5) is 4.44. The Morgan fingerprint density at radius 1 is 1.37 bits per heavy atom. The molecule has 0 aliphatic carbocycles. The van der Waals surface area contributed by atoms with Gasteiger partial charge in [0.1, 0.15) is 11.8 Å². The molecule has 2 heterocycles. The van der Waals surface area contributed by atoms with Crippen LogP contribution >= 0.6 is 0 Å². The van der Waals surface area contributed by atoms with Crippen molar-refractivity contribution in [1.82, 2.24) is 15.3 Å². The summed E-state index contributed by atoms with van der Waals surface area (Å²) in [5, 5.41) is 21.7. The molecule has 1 aromatic heterocycles. The van der Waals surface area contributed by atoms with E-state index in [1.54, 1.807) is 30.6 Å². The van der Waals surface area contributed by atoms with E-state index < -0.39 is 0 Å². The lowest BCUT2D eigenvalue weighted by molar-refractivity contribution is 0.403. The Bertz CT molecular complexity index is 877. The van der Waals surface area contributed by atoms with E-state index >= 15 is 0 Å². The van der Waals surface area contributed by atoms with Crippen LogP contribution in [-0.2, 0) is 0 Å². The molecule has 7 nitrogen and oxygen atoms in total. The molecule has 0 bridgehead atoms. The number of aromatic nitrogens is 1. The van der Waals surface area contributed by atoms with Crippen LogP contribution in [0.3, 0.4) is 0 Å². The van der Waals surface area contributed by atoms with Gasteiger partial charge in [0.25, 0.3) is 0 Å². The van der Waals surface area contributed by atoms with Gasteiger partial charge in [0.05, 0.1) is 11.4 Å².